The molecule has 1 heteroatoms. The number of nitrogens with zero attached hydrogens (tertiary/aromatic N) is 1. The molecule has 4 rings (SSSR count). The highest BCUT2D eigenvalue weighted by Crippen LogP contribution is 2.53. The summed E-state index contributed by atoms with van der Waals surface area (Å²) in [6, 6.07) is 2.91. The van der Waals surface area contributed by atoms with Gasteiger partial charge in [0.2, 0.25) is 0 Å². The van der Waals surface area contributed by atoms with Crippen LogP contribution in [-0.2, 0) is 0 Å². The van der Waals surface area contributed by atoms with E-state index >= 15 is 0 Å². The van der Waals surface area contributed by atoms with Crippen LogP contribution in [0.1, 0.15) is 84.5 Å². The molecule has 0 aromatic rings. The maximum Gasteiger partial charge on any atom is 0.0133 e. The van der Waals surface area contributed by atoms with Crippen molar-refractivity contribution in [3.05, 3.63) is 0 Å². The Morgan fingerprint density at radius 2 is 1.14 bits per heavy atom. The van der Waals surface area contributed by atoms with Crippen molar-refractivity contribution in [2.45, 2.75) is 103 Å². The van der Waals surface area contributed by atoms with E-state index in [1.54, 1.807) is 12.8 Å². The number of hydrogen-bond acceptors (Lipinski definition) is 1. The molecule has 4 aliphatic rings. The molecule has 6 unspecified atom stereocenters. The largest absolute Gasteiger partial charge is 0.294 e. The fourth-order valence-corrected chi connectivity index (χ4v) is 6.65. The number of hydrogen-bond donors (Lipinski definition) is 0. The molecule has 0 spiro atoms. The lowest BCUT2D eigenvalue weighted by Gasteiger charge is -2.43. The van der Waals surface area contributed by atoms with Gasteiger partial charge in [-0.2, -0.15) is 0 Å². The van der Waals surface area contributed by atoms with Crippen LogP contribution >= 0.6 is 0 Å². The van der Waals surface area contributed by atoms with Crippen LogP contribution in [0.15, 0.2) is 0 Å². The van der Waals surface area contributed by atoms with Crippen LogP contribution in [0.25, 0.3) is 0 Å². The third kappa shape index (κ3) is 2.58. The van der Waals surface area contributed by atoms with Crippen LogP contribution in [0.3, 0.4) is 0 Å². The first-order valence-corrected chi connectivity index (χ1v) is 10.0. The third-order valence-corrected chi connectivity index (χ3v) is 7.56. The lowest BCUT2D eigenvalue weighted by molar-refractivity contribution is 0.0569. The molecular weight excluding hydrogens is 254 g/mol. The molecule has 0 aromatic heterocycles. The zero-order chi connectivity index (χ0) is 14.4. The molecule has 0 bridgehead atoms. The molecule has 0 amide bonds. The average molecular weight is 290 g/mol. The fourth-order valence-electron chi connectivity index (χ4n) is 6.65. The van der Waals surface area contributed by atoms with E-state index in [0.717, 1.165) is 41.8 Å². The molecule has 21 heavy (non-hydrogen) atoms. The van der Waals surface area contributed by atoms with E-state index in [9.17, 15) is 0 Å². The van der Waals surface area contributed by atoms with Crippen molar-refractivity contribution < 1.29 is 0 Å². The molecule has 120 valence electrons. The van der Waals surface area contributed by atoms with Gasteiger partial charge in [-0.25, -0.2) is 0 Å². The first-order valence-electron chi connectivity index (χ1n) is 10.0. The van der Waals surface area contributed by atoms with Gasteiger partial charge in [0.15, 0.2) is 0 Å². The summed E-state index contributed by atoms with van der Waals surface area (Å²) in [5, 5.41) is 0. The molecule has 1 heterocycles. The van der Waals surface area contributed by atoms with Crippen molar-refractivity contribution in [1.29, 1.82) is 0 Å². The van der Waals surface area contributed by atoms with Crippen molar-refractivity contribution in [2.75, 3.05) is 0 Å². The van der Waals surface area contributed by atoms with Gasteiger partial charge in [0.05, 0.1) is 0 Å². The molecule has 1 nitrogen and oxygen atoms in total. The van der Waals surface area contributed by atoms with Crippen LogP contribution in [-0.4, -0.2) is 23.0 Å². The number of rotatable bonds is 1. The molecule has 0 radical (unpaired) electrons. The first kappa shape index (κ1) is 14.5. The fraction of sp³-hybridized carbons (Fsp3) is 1.00. The molecule has 3 aliphatic carbocycles. The van der Waals surface area contributed by atoms with E-state index in [1.807, 2.05) is 0 Å². The van der Waals surface area contributed by atoms with Gasteiger partial charge >= 0.3 is 0 Å². The smallest absolute Gasteiger partial charge is 0.0133 e. The second-order valence-electron chi connectivity index (χ2n) is 9.04. The van der Waals surface area contributed by atoms with E-state index in [-0.39, 0.29) is 0 Å². The third-order valence-electron chi connectivity index (χ3n) is 7.56. The van der Waals surface area contributed by atoms with E-state index < -0.39 is 0 Å². The first-order chi connectivity index (χ1) is 10.2. The maximum absolute atomic E-state index is 3.13. The lowest BCUT2D eigenvalue weighted by Crippen LogP contribution is -2.48. The SMILES string of the molecule is CC1CCC2C(C1)C1CC(C)CCC1N2C1CCCCC1. The molecule has 4 fully saturated rings. The maximum atomic E-state index is 3.13. The monoisotopic (exact) mass is 289 g/mol. The molecule has 3 saturated carbocycles. The lowest BCUT2D eigenvalue weighted by atomic mass is 9.69. The van der Waals surface area contributed by atoms with Crippen LogP contribution in [0.2, 0.25) is 0 Å². The van der Waals surface area contributed by atoms with Crippen molar-refractivity contribution in [2.24, 2.45) is 23.7 Å². The second-order valence-corrected chi connectivity index (χ2v) is 9.04. The number of fused-ring (bicyclic) bond motifs is 3. The Labute approximate surface area is 131 Å². The van der Waals surface area contributed by atoms with Gasteiger partial charge in [-0.15, -0.1) is 0 Å². The molecule has 1 saturated heterocycles. The molecular formula is C20H35N. The Morgan fingerprint density at radius 1 is 0.619 bits per heavy atom. The highest BCUT2D eigenvalue weighted by Gasteiger charge is 2.53. The molecule has 0 aromatic carbocycles. The van der Waals surface area contributed by atoms with Gasteiger partial charge in [-0.3, -0.25) is 4.90 Å². The summed E-state index contributed by atoms with van der Waals surface area (Å²) in [6.07, 6.45) is 16.6. The predicted octanol–water partition coefficient (Wildman–Crippen LogP) is 5.24. The molecule has 0 N–H and O–H groups in total. The van der Waals surface area contributed by atoms with E-state index in [2.05, 4.69) is 18.7 Å². The summed E-state index contributed by atoms with van der Waals surface area (Å²) < 4.78 is 0. The van der Waals surface area contributed by atoms with Crippen molar-refractivity contribution >= 4 is 0 Å². The van der Waals surface area contributed by atoms with E-state index in [4.69, 9.17) is 0 Å². The quantitative estimate of drug-likeness (QED) is 0.637. The number of likely N-dealkylation sites (tertiary alicyclic amines) is 1. The van der Waals surface area contributed by atoms with Gasteiger partial charge in [0.1, 0.15) is 0 Å². The summed E-state index contributed by atoms with van der Waals surface area (Å²) in [7, 11) is 0. The second kappa shape index (κ2) is 5.87. The zero-order valence-electron chi connectivity index (χ0n) is 14.3. The molecule has 1 aliphatic heterocycles. The topological polar surface area (TPSA) is 3.24 Å². The standard InChI is InChI=1S/C20H35N/c1-14-8-10-19-17(12-14)18-13-15(2)9-11-20(18)21(19)16-6-4-3-5-7-16/h14-20H,3-13H2,1-2H3. The zero-order valence-corrected chi connectivity index (χ0v) is 14.3. The predicted molar refractivity (Wildman–Crippen MR) is 89.3 cm³/mol. The van der Waals surface area contributed by atoms with Crippen LogP contribution in [0, 0.1) is 23.7 Å². The average Bonchev–Trinajstić information content (AvgIpc) is 2.81. The van der Waals surface area contributed by atoms with Crippen LogP contribution in [0.5, 0.6) is 0 Å². The Hall–Kier alpha value is -0.0400. The van der Waals surface area contributed by atoms with Crippen molar-refractivity contribution in [3.63, 3.8) is 0 Å². The van der Waals surface area contributed by atoms with Gasteiger partial charge in [0, 0.05) is 18.1 Å². The summed E-state index contributed by atoms with van der Waals surface area (Å²) >= 11 is 0. The summed E-state index contributed by atoms with van der Waals surface area (Å²) in [5.41, 5.74) is 0. The highest BCUT2D eigenvalue weighted by atomic mass is 15.3. The Kier molecular flexibility index (Phi) is 4.07. The normalized spacial score (nSPS) is 48.9. The minimum absolute atomic E-state index is 0.961. The van der Waals surface area contributed by atoms with Crippen molar-refractivity contribution in [3.8, 4) is 0 Å². The Bertz CT molecular complexity index is 333. The summed E-state index contributed by atoms with van der Waals surface area (Å²) in [5.74, 6) is 4.11. The summed E-state index contributed by atoms with van der Waals surface area (Å²) in [4.78, 5) is 3.13. The highest BCUT2D eigenvalue weighted by molar-refractivity contribution is 5.06. The van der Waals surface area contributed by atoms with Gasteiger partial charge in [0.25, 0.3) is 0 Å². The minimum atomic E-state index is 0.961. The Morgan fingerprint density at radius 3 is 1.67 bits per heavy atom. The van der Waals surface area contributed by atoms with Gasteiger partial charge < -0.3 is 0 Å². The van der Waals surface area contributed by atoms with Crippen LogP contribution in [0.4, 0.5) is 0 Å². The van der Waals surface area contributed by atoms with Gasteiger partial charge in [-0.05, 0) is 75.0 Å². The Balaban J connectivity index is 1.59. The minimum Gasteiger partial charge on any atom is -0.294 e. The van der Waals surface area contributed by atoms with Crippen LogP contribution < -0.4 is 0 Å². The molecule has 6 atom stereocenters. The van der Waals surface area contributed by atoms with E-state index in [0.29, 0.717) is 0 Å². The van der Waals surface area contributed by atoms with E-state index in [1.165, 1.54) is 57.8 Å². The van der Waals surface area contributed by atoms with Crippen molar-refractivity contribution in [1.82, 2.24) is 4.90 Å². The summed E-state index contributed by atoms with van der Waals surface area (Å²) in [6.45, 7) is 5.03. The van der Waals surface area contributed by atoms with Gasteiger partial charge in [-0.1, -0.05) is 33.1 Å².